The van der Waals surface area contributed by atoms with Crippen LogP contribution >= 0.6 is 0 Å². The minimum Gasteiger partial charge on any atom is -0.493 e. The summed E-state index contributed by atoms with van der Waals surface area (Å²) in [5, 5.41) is 3.16. The molecule has 21 heavy (non-hydrogen) atoms. The lowest BCUT2D eigenvalue weighted by atomic mass is 10.1. The molecule has 6 nitrogen and oxygen atoms in total. The molecule has 0 spiro atoms. The van der Waals surface area contributed by atoms with Gasteiger partial charge in [-0.1, -0.05) is 0 Å². The molecule has 1 aromatic carbocycles. The van der Waals surface area contributed by atoms with Gasteiger partial charge in [0, 0.05) is 6.04 Å². The zero-order chi connectivity index (χ0) is 16.0. The first-order valence-corrected chi connectivity index (χ1v) is 6.62. The van der Waals surface area contributed by atoms with Crippen LogP contribution in [0.4, 0.5) is 0 Å². The first-order valence-electron chi connectivity index (χ1n) is 6.62. The van der Waals surface area contributed by atoms with Crippen molar-refractivity contribution in [2.45, 2.75) is 25.9 Å². The number of esters is 1. The van der Waals surface area contributed by atoms with E-state index in [4.69, 9.17) is 18.9 Å². The summed E-state index contributed by atoms with van der Waals surface area (Å²) in [7, 11) is 6.05. The summed E-state index contributed by atoms with van der Waals surface area (Å²) >= 11 is 0. The monoisotopic (exact) mass is 297 g/mol. The lowest BCUT2D eigenvalue weighted by Crippen LogP contribution is -2.36. The van der Waals surface area contributed by atoms with Crippen molar-refractivity contribution in [1.29, 1.82) is 0 Å². The molecule has 1 N–H and O–H groups in total. The fourth-order valence-corrected chi connectivity index (χ4v) is 2.07. The number of carbonyl (C=O) groups excluding carboxylic acids is 1. The van der Waals surface area contributed by atoms with Crippen LogP contribution in [0.15, 0.2) is 12.1 Å². The average molecular weight is 297 g/mol. The number of benzene rings is 1. The molecular formula is C15H23NO5. The molecule has 0 amide bonds. The smallest absolute Gasteiger partial charge is 0.322 e. The van der Waals surface area contributed by atoms with Crippen LogP contribution in [-0.4, -0.2) is 40.5 Å². The van der Waals surface area contributed by atoms with Gasteiger partial charge in [0.15, 0.2) is 11.5 Å². The molecule has 0 aliphatic carbocycles. The second kappa shape index (κ2) is 7.73. The van der Waals surface area contributed by atoms with E-state index in [0.29, 0.717) is 17.2 Å². The molecule has 118 valence electrons. The highest BCUT2D eigenvalue weighted by Crippen LogP contribution is 2.39. The van der Waals surface area contributed by atoms with Gasteiger partial charge in [-0.05, 0) is 31.5 Å². The van der Waals surface area contributed by atoms with Gasteiger partial charge in [0.2, 0.25) is 5.75 Å². The van der Waals surface area contributed by atoms with Crippen LogP contribution < -0.4 is 19.5 Å². The first-order chi connectivity index (χ1) is 9.98. The molecule has 1 unspecified atom stereocenters. The third-order valence-corrected chi connectivity index (χ3v) is 3.24. The molecule has 0 saturated carbocycles. The number of hydrogen-bond donors (Lipinski definition) is 1. The van der Waals surface area contributed by atoms with E-state index in [2.05, 4.69) is 5.32 Å². The quantitative estimate of drug-likeness (QED) is 0.776. The summed E-state index contributed by atoms with van der Waals surface area (Å²) in [4.78, 5) is 11.5. The van der Waals surface area contributed by atoms with E-state index in [0.717, 1.165) is 5.56 Å². The molecular weight excluding hydrogens is 274 g/mol. The maximum absolute atomic E-state index is 11.5. The number of nitrogens with one attached hydrogen (secondary N) is 1. The molecule has 1 rings (SSSR count). The van der Waals surface area contributed by atoms with Gasteiger partial charge in [0.25, 0.3) is 0 Å². The van der Waals surface area contributed by atoms with Crippen LogP contribution in [0.3, 0.4) is 0 Å². The summed E-state index contributed by atoms with van der Waals surface area (Å²) in [6.45, 7) is 3.69. The van der Waals surface area contributed by atoms with Crippen molar-refractivity contribution in [3.63, 3.8) is 0 Å². The van der Waals surface area contributed by atoms with Gasteiger partial charge in [-0.3, -0.25) is 10.1 Å². The number of carbonyl (C=O) groups is 1. The predicted molar refractivity (Wildman–Crippen MR) is 79.1 cm³/mol. The molecule has 0 heterocycles. The van der Waals surface area contributed by atoms with Crippen molar-refractivity contribution in [2.24, 2.45) is 0 Å². The van der Waals surface area contributed by atoms with Gasteiger partial charge in [-0.15, -0.1) is 0 Å². The van der Waals surface area contributed by atoms with Crippen molar-refractivity contribution >= 4 is 5.97 Å². The van der Waals surface area contributed by atoms with Gasteiger partial charge < -0.3 is 18.9 Å². The Labute approximate surface area is 125 Å². The Morgan fingerprint density at radius 1 is 1.00 bits per heavy atom. The fourth-order valence-electron chi connectivity index (χ4n) is 2.07. The number of methoxy groups -OCH3 is 4. The highest BCUT2D eigenvalue weighted by molar-refractivity contribution is 5.75. The standard InChI is InChI=1S/C15H23NO5/c1-9(16-10(2)15(17)21-6)11-7-12(18-3)14(20-5)13(8-11)19-4/h7-10,16H,1-6H3/t9?,10-/m0/s1. The van der Waals surface area contributed by atoms with Crippen molar-refractivity contribution in [1.82, 2.24) is 5.32 Å². The third kappa shape index (κ3) is 4.01. The summed E-state index contributed by atoms with van der Waals surface area (Å²) in [5.74, 6) is 1.38. The number of ether oxygens (including phenoxy) is 4. The van der Waals surface area contributed by atoms with Crippen molar-refractivity contribution in [3.05, 3.63) is 17.7 Å². The molecule has 6 heteroatoms. The summed E-state index contributed by atoms with van der Waals surface area (Å²) in [6.07, 6.45) is 0. The fraction of sp³-hybridized carbons (Fsp3) is 0.533. The zero-order valence-corrected chi connectivity index (χ0v) is 13.4. The predicted octanol–water partition coefficient (Wildman–Crippen LogP) is 1.92. The van der Waals surface area contributed by atoms with Crippen molar-refractivity contribution < 1.29 is 23.7 Å². The van der Waals surface area contributed by atoms with Crippen LogP contribution in [-0.2, 0) is 9.53 Å². The van der Waals surface area contributed by atoms with E-state index >= 15 is 0 Å². The maximum Gasteiger partial charge on any atom is 0.322 e. The van der Waals surface area contributed by atoms with E-state index in [1.54, 1.807) is 28.3 Å². The molecule has 2 atom stereocenters. The molecule has 0 radical (unpaired) electrons. The molecule has 0 fully saturated rings. The van der Waals surface area contributed by atoms with E-state index in [1.165, 1.54) is 7.11 Å². The lowest BCUT2D eigenvalue weighted by molar-refractivity contribution is -0.142. The van der Waals surface area contributed by atoms with Gasteiger partial charge >= 0.3 is 5.97 Å². The van der Waals surface area contributed by atoms with Crippen molar-refractivity contribution in [3.8, 4) is 17.2 Å². The molecule has 1 aromatic rings. The van der Waals surface area contributed by atoms with E-state index < -0.39 is 6.04 Å². The largest absolute Gasteiger partial charge is 0.493 e. The van der Waals surface area contributed by atoms with E-state index in [9.17, 15) is 4.79 Å². The van der Waals surface area contributed by atoms with E-state index in [-0.39, 0.29) is 12.0 Å². The van der Waals surface area contributed by atoms with Gasteiger partial charge in [-0.25, -0.2) is 0 Å². The number of hydrogen-bond acceptors (Lipinski definition) is 6. The van der Waals surface area contributed by atoms with Gasteiger partial charge in [-0.2, -0.15) is 0 Å². The molecule has 0 aliphatic heterocycles. The summed E-state index contributed by atoms with van der Waals surface area (Å²) < 4.78 is 20.6. The minimum absolute atomic E-state index is 0.0900. The van der Waals surface area contributed by atoms with Crippen LogP contribution in [0.2, 0.25) is 0 Å². The SMILES string of the molecule is COC(=O)[C@H](C)NC(C)c1cc(OC)c(OC)c(OC)c1. The second-order valence-corrected chi connectivity index (χ2v) is 4.59. The molecule has 0 aliphatic rings. The van der Waals surface area contributed by atoms with Crippen LogP contribution in [0.25, 0.3) is 0 Å². The van der Waals surface area contributed by atoms with Gasteiger partial charge in [0.05, 0.1) is 28.4 Å². The Morgan fingerprint density at radius 3 is 1.90 bits per heavy atom. The molecule has 0 bridgehead atoms. The average Bonchev–Trinajstić information content (AvgIpc) is 2.51. The number of rotatable bonds is 7. The summed E-state index contributed by atoms with van der Waals surface area (Å²) in [5.41, 5.74) is 0.917. The Balaban J connectivity index is 3.04. The Kier molecular flexibility index (Phi) is 6.30. The van der Waals surface area contributed by atoms with Gasteiger partial charge in [0.1, 0.15) is 6.04 Å². The van der Waals surface area contributed by atoms with Crippen LogP contribution in [0, 0.1) is 0 Å². The minimum atomic E-state index is -0.413. The Morgan fingerprint density at radius 2 is 1.52 bits per heavy atom. The maximum atomic E-state index is 11.5. The second-order valence-electron chi connectivity index (χ2n) is 4.59. The highest BCUT2D eigenvalue weighted by Gasteiger charge is 2.20. The first kappa shape index (κ1) is 17.1. The zero-order valence-electron chi connectivity index (χ0n) is 13.4. The summed E-state index contributed by atoms with van der Waals surface area (Å²) in [6, 6.07) is 3.20. The van der Waals surface area contributed by atoms with Crippen LogP contribution in [0.5, 0.6) is 17.2 Å². The third-order valence-electron chi connectivity index (χ3n) is 3.24. The highest BCUT2D eigenvalue weighted by atomic mass is 16.5. The lowest BCUT2D eigenvalue weighted by Gasteiger charge is -2.21. The van der Waals surface area contributed by atoms with Crippen molar-refractivity contribution in [2.75, 3.05) is 28.4 Å². The van der Waals surface area contributed by atoms with Crippen LogP contribution in [0.1, 0.15) is 25.5 Å². The Bertz CT molecular complexity index is 464. The molecule has 0 saturated heterocycles. The topological polar surface area (TPSA) is 66.0 Å². The van der Waals surface area contributed by atoms with E-state index in [1.807, 2.05) is 19.1 Å². The Hall–Kier alpha value is -1.95. The molecule has 0 aromatic heterocycles. The normalized spacial score (nSPS) is 13.2.